The minimum Gasteiger partial charge on any atom is -0.494 e. The summed E-state index contributed by atoms with van der Waals surface area (Å²) < 4.78 is 64.8. The zero-order chi connectivity index (χ0) is 27.8. The van der Waals surface area contributed by atoms with Gasteiger partial charge in [0.25, 0.3) is 0 Å². The molecule has 2 aromatic heterocycles. The van der Waals surface area contributed by atoms with E-state index in [0.717, 1.165) is 30.5 Å². The number of hydrogen-bond donors (Lipinski definition) is 0. The van der Waals surface area contributed by atoms with E-state index in [-0.39, 0.29) is 24.2 Å². The number of rotatable bonds is 9. The van der Waals surface area contributed by atoms with Crippen molar-refractivity contribution in [3.63, 3.8) is 0 Å². The lowest BCUT2D eigenvalue weighted by Gasteiger charge is -2.45. The molecule has 0 aliphatic heterocycles. The molecule has 0 radical (unpaired) electrons. The highest BCUT2D eigenvalue weighted by molar-refractivity contribution is 5.88. The van der Waals surface area contributed by atoms with Crippen LogP contribution in [0.15, 0.2) is 54.7 Å². The quantitative estimate of drug-likeness (QED) is 0.219. The van der Waals surface area contributed by atoms with E-state index in [1.54, 1.807) is 20.1 Å². The average molecular weight is 542 g/mol. The summed E-state index contributed by atoms with van der Waals surface area (Å²) >= 11 is 0. The van der Waals surface area contributed by atoms with Crippen molar-refractivity contribution in [2.24, 2.45) is 0 Å². The molecule has 10 heteroatoms. The van der Waals surface area contributed by atoms with Gasteiger partial charge in [0, 0.05) is 24.9 Å². The second-order valence-electron chi connectivity index (χ2n) is 10.1. The van der Waals surface area contributed by atoms with Crippen molar-refractivity contribution in [2.75, 3.05) is 21.0 Å². The molecule has 0 unspecified atom stereocenters. The highest BCUT2D eigenvalue weighted by atomic mass is 19.4. The monoisotopic (exact) mass is 541 g/mol. The summed E-state index contributed by atoms with van der Waals surface area (Å²) in [5, 5.41) is 9.59. The largest absolute Gasteiger partial charge is 0.494 e. The van der Waals surface area contributed by atoms with Crippen molar-refractivity contribution < 1.29 is 32.1 Å². The van der Waals surface area contributed by atoms with Crippen LogP contribution in [0.4, 0.5) is 13.2 Å². The van der Waals surface area contributed by atoms with Crippen LogP contribution in [0.3, 0.4) is 0 Å². The fourth-order valence-corrected chi connectivity index (χ4v) is 5.14. The molecular formula is C29H30F3N3O4. The van der Waals surface area contributed by atoms with Gasteiger partial charge in [-0.3, -0.25) is 0 Å². The Morgan fingerprint density at radius 3 is 2.44 bits per heavy atom. The van der Waals surface area contributed by atoms with Crippen LogP contribution in [0.5, 0.6) is 11.5 Å². The van der Waals surface area contributed by atoms with Crippen LogP contribution < -0.4 is 9.47 Å². The Morgan fingerprint density at radius 1 is 1.03 bits per heavy atom. The van der Waals surface area contributed by atoms with Crippen molar-refractivity contribution in [3.8, 4) is 22.8 Å². The standard InChI is InChI=1S/C29H30F3N3O4/c1-18-10-20(29(30,31)32)11-24(38-17-36-3)26(18)23-12-22-25(37-4)15-35(27(22)34-33-23)21-13-28(2,14-21)39-16-19-8-6-5-7-9-19/h5-12,15,21H,13-14,16-17H2,1-4H3. The maximum atomic E-state index is 13.5. The fourth-order valence-electron chi connectivity index (χ4n) is 5.14. The summed E-state index contributed by atoms with van der Waals surface area (Å²) in [6.45, 7) is 4.02. The van der Waals surface area contributed by atoms with E-state index in [1.165, 1.54) is 7.11 Å². The van der Waals surface area contributed by atoms with Crippen LogP contribution in [0, 0.1) is 6.92 Å². The number of aryl methyl sites for hydroxylation is 1. The molecule has 7 nitrogen and oxygen atoms in total. The lowest BCUT2D eigenvalue weighted by molar-refractivity contribution is -0.137. The number of methoxy groups -OCH3 is 2. The first-order chi connectivity index (χ1) is 18.6. The molecule has 39 heavy (non-hydrogen) atoms. The van der Waals surface area contributed by atoms with E-state index < -0.39 is 11.7 Å². The lowest BCUT2D eigenvalue weighted by Crippen LogP contribution is -2.44. The topological polar surface area (TPSA) is 67.6 Å². The Labute approximate surface area is 224 Å². The van der Waals surface area contributed by atoms with Gasteiger partial charge < -0.3 is 23.5 Å². The van der Waals surface area contributed by atoms with E-state index in [1.807, 2.05) is 41.1 Å². The maximum Gasteiger partial charge on any atom is 0.416 e. The minimum atomic E-state index is -4.52. The van der Waals surface area contributed by atoms with Crippen molar-refractivity contribution in [1.29, 1.82) is 0 Å². The second-order valence-corrected chi connectivity index (χ2v) is 10.1. The fraction of sp³-hybridized carbons (Fsp3) is 0.379. The Balaban J connectivity index is 1.44. The van der Waals surface area contributed by atoms with E-state index >= 15 is 0 Å². The molecule has 2 heterocycles. The summed E-state index contributed by atoms with van der Waals surface area (Å²) in [4.78, 5) is 0. The molecule has 1 aliphatic rings. The van der Waals surface area contributed by atoms with Crippen molar-refractivity contribution in [3.05, 3.63) is 71.4 Å². The molecule has 0 saturated heterocycles. The molecule has 206 valence electrons. The molecule has 0 N–H and O–H groups in total. The van der Waals surface area contributed by atoms with Gasteiger partial charge in [0.05, 0.1) is 36.0 Å². The molecule has 5 rings (SSSR count). The molecule has 1 fully saturated rings. The van der Waals surface area contributed by atoms with Crippen molar-refractivity contribution >= 4 is 11.0 Å². The van der Waals surface area contributed by atoms with Crippen LogP contribution in [0.1, 0.15) is 42.5 Å². The lowest BCUT2D eigenvalue weighted by atomic mass is 9.76. The summed E-state index contributed by atoms with van der Waals surface area (Å²) in [6.07, 6.45) is -1.04. The molecule has 0 bridgehead atoms. The predicted octanol–water partition coefficient (Wildman–Crippen LogP) is 6.73. The van der Waals surface area contributed by atoms with Gasteiger partial charge in [0.1, 0.15) is 11.5 Å². The second kappa shape index (κ2) is 10.5. The van der Waals surface area contributed by atoms with Gasteiger partial charge in [-0.2, -0.15) is 13.2 Å². The number of halogens is 3. The maximum absolute atomic E-state index is 13.5. The Morgan fingerprint density at radius 2 is 1.77 bits per heavy atom. The zero-order valence-electron chi connectivity index (χ0n) is 22.2. The Kier molecular flexibility index (Phi) is 7.26. The summed E-state index contributed by atoms with van der Waals surface area (Å²) in [5.41, 5.74) is 1.83. The zero-order valence-corrected chi connectivity index (χ0v) is 22.2. The number of nitrogens with zero attached hydrogens (tertiary/aromatic N) is 3. The third-order valence-corrected chi connectivity index (χ3v) is 7.13. The predicted molar refractivity (Wildman–Crippen MR) is 140 cm³/mol. The Hall–Kier alpha value is -3.63. The third kappa shape index (κ3) is 5.44. The number of hydrogen-bond acceptors (Lipinski definition) is 6. The van der Waals surface area contributed by atoms with Crippen LogP contribution in [-0.4, -0.2) is 41.4 Å². The molecule has 2 aromatic carbocycles. The van der Waals surface area contributed by atoms with Crippen LogP contribution in [-0.2, 0) is 22.3 Å². The van der Waals surface area contributed by atoms with Crippen LogP contribution in [0.25, 0.3) is 22.3 Å². The number of alkyl halides is 3. The first kappa shape index (κ1) is 27.0. The van der Waals surface area contributed by atoms with Gasteiger partial charge in [0.2, 0.25) is 0 Å². The van der Waals surface area contributed by atoms with Crippen LogP contribution >= 0.6 is 0 Å². The van der Waals surface area contributed by atoms with E-state index in [0.29, 0.717) is 40.2 Å². The van der Waals surface area contributed by atoms with Gasteiger partial charge in [-0.15, -0.1) is 10.2 Å². The highest BCUT2D eigenvalue weighted by Gasteiger charge is 2.43. The van der Waals surface area contributed by atoms with Gasteiger partial charge in [0.15, 0.2) is 12.4 Å². The molecule has 1 aliphatic carbocycles. The normalized spacial score (nSPS) is 19.2. The number of fused-ring (bicyclic) bond motifs is 1. The number of benzene rings is 2. The van der Waals surface area contributed by atoms with Gasteiger partial charge in [-0.25, -0.2) is 0 Å². The molecule has 0 atom stereocenters. The molecule has 4 aromatic rings. The molecule has 0 amide bonds. The smallest absolute Gasteiger partial charge is 0.416 e. The Bertz CT molecular complexity index is 1460. The first-order valence-corrected chi connectivity index (χ1v) is 12.6. The van der Waals surface area contributed by atoms with Gasteiger partial charge >= 0.3 is 6.18 Å². The van der Waals surface area contributed by atoms with Gasteiger partial charge in [-0.1, -0.05) is 30.3 Å². The highest BCUT2D eigenvalue weighted by Crippen LogP contribution is 2.47. The third-order valence-electron chi connectivity index (χ3n) is 7.13. The minimum absolute atomic E-state index is 0.0153. The number of ether oxygens (including phenoxy) is 4. The van der Waals surface area contributed by atoms with Crippen molar-refractivity contribution in [2.45, 2.75) is 51.1 Å². The SMILES string of the molecule is COCOc1cc(C(F)(F)F)cc(C)c1-c1cc2c(OC)cn(C3CC(C)(OCc4ccccc4)C3)c2nn1. The summed E-state index contributed by atoms with van der Waals surface area (Å²) in [7, 11) is 2.97. The summed E-state index contributed by atoms with van der Waals surface area (Å²) in [5.74, 6) is 0.616. The molecule has 1 saturated carbocycles. The summed E-state index contributed by atoms with van der Waals surface area (Å²) in [6, 6.07) is 14.0. The van der Waals surface area contributed by atoms with Crippen LogP contribution in [0.2, 0.25) is 0 Å². The first-order valence-electron chi connectivity index (χ1n) is 12.6. The molecular weight excluding hydrogens is 511 g/mol. The van der Waals surface area contributed by atoms with E-state index in [2.05, 4.69) is 17.1 Å². The van der Waals surface area contributed by atoms with Crippen molar-refractivity contribution in [1.82, 2.24) is 14.8 Å². The average Bonchev–Trinajstić information content (AvgIpc) is 3.26. The number of aromatic nitrogens is 3. The molecule has 0 spiro atoms. The van der Waals surface area contributed by atoms with Gasteiger partial charge in [-0.05, 0) is 56.0 Å². The van der Waals surface area contributed by atoms with E-state index in [9.17, 15) is 13.2 Å². The van der Waals surface area contributed by atoms with E-state index in [4.69, 9.17) is 18.9 Å².